The Morgan fingerprint density at radius 1 is 1.00 bits per heavy atom. The van der Waals surface area contributed by atoms with Crippen molar-refractivity contribution in [3.05, 3.63) is 91.9 Å². The molecule has 0 saturated carbocycles. The number of aryl methyl sites for hydroxylation is 1. The third-order valence-electron chi connectivity index (χ3n) is 5.04. The van der Waals surface area contributed by atoms with Gasteiger partial charge in [-0.25, -0.2) is 0 Å². The molecule has 0 aliphatic heterocycles. The molecule has 0 radical (unpaired) electrons. The molecule has 0 heterocycles. The molecule has 0 saturated heterocycles. The number of nitrogens with one attached hydrogen (secondary N) is 1. The molecule has 3 aromatic carbocycles. The van der Waals surface area contributed by atoms with E-state index < -0.39 is 0 Å². The number of rotatable bonds is 10. The van der Waals surface area contributed by atoms with Crippen LogP contribution in [0.25, 0.3) is 0 Å². The van der Waals surface area contributed by atoms with Crippen LogP contribution in [0.4, 0.5) is 0 Å². The molecule has 31 heavy (non-hydrogen) atoms. The van der Waals surface area contributed by atoms with Crippen LogP contribution in [0.2, 0.25) is 10.0 Å². The van der Waals surface area contributed by atoms with Crippen molar-refractivity contribution in [1.82, 2.24) is 5.32 Å². The van der Waals surface area contributed by atoms with Gasteiger partial charge in [0.1, 0.15) is 6.61 Å². The quantitative estimate of drug-likeness (QED) is 0.300. The van der Waals surface area contributed by atoms with Crippen molar-refractivity contribution in [3.8, 4) is 11.5 Å². The minimum Gasteiger partial charge on any atom is -0.493 e. The van der Waals surface area contributed by atoms with Gasteiger partial charge in [0.2, 0.25) is 0 Å². The highest BCUT2D eigenvalue weighted by atomic mass is 79.9. The minimum absolute atomic E-state index is 0.319. The van der Waals surface area contributed by atoms with E-state index in [4.69, 9.17) is 32.7 Å². The summed E-state index contributed by atoms with van der Waals surface area (Å²) in [7, 11) is 1.64. The summed E-state index contributed by atoms with van der Waals surface area (Å²) < 4.78 is 12.4. The van der Waals surface area contributed by atoms with Gasteiger partial charge in [0.05, 0.1) is 11.6 Å². The van der Waals surface area contributed by atoms with E-state index in [-0.39, 0.29) is 0 Å². The molecule has 0 amide bonds. The fourth-order valence-electron chi connectivity index (χ4n) is 3.23. The normalized spacial score (nSPS) is 11.9. The summed E-state index contributed by atoms with van der Waals surface area (Å²) in [6, 6.07) is 20.4. The number of methoxy groups -OCH3 is 1. The molecule has 0 aromatic heterocycles. The zero-order chi connectivity index (χ0) is 22.2. The van der Waals surface area contributed by atoms with Crippen LogP contribution >= 0.6 is 39.1 Å². The van der Waals surface area contributed by atoms with Gasteiger partial charge >= 0.3 is 0 Å². The standard InChI is InChI=1S/C25H26BrCl2NO2/c1-17(8-9-18-6-4-3-5-7-18)29-15-19-12-22(26)25(24(13-19)30-2)31-16-20-10-11-21(27)14-23(20)28/h3-7,10-14,17,29H,8-9,15-16H2,1-2H3. The van der Waals surface area contributed by atoms with Gasteiger partial charge in [-0.15, -0.1) is 0 Å². The second kappa shape index (κ2) is 11.8. The molecule has 3 nitrogen and oxygen atoms in total. The van der Waals surface area contributed by atoms with Gasteiger partial charge in [0.15, 0.2) is 11.5 Å². The summed E-state index contributed by atoms with van der Waals surface area (Å²) in [5.41, 5.74) is 3.34. The lowest BCUT2D eigenvalue weighted by Crippen LogP contribution is -2.26. The summed E-state index contributed by atoms with van der Waals surface area (Å²) in [6.45, 7) is 3.27. The average molecular weight is 523 g/mol. The Labute approximate surface area is 202 Å². The molecule has 0 spiro atoms. The topological polar surface area (TPSA) is 30.5 Å². The van der Waals surface area contributed by atoms with Crippen molar-refractivity contribution in [1.29, 1.82) is 0 Å². The first-order valence-corrected chi connectivity index (χ1v) is 11.7. The van der Waals surface area contributed by atoms with Crippen LogP contribution in [0, 0.1) is 0 Å². The lowest BCUT2D eigenvalue weighted by atomic mass is 10.1. The molecule has 6 heteroatoms. The van der Waals surface area contributed by atoms with Crippen LogP contribution in [-0.2, 0) is 19.6 Å². The highest BCUT2D eigenvalue weighted by Gasteiger charge is 2.14. The van der Waals surface area contributed by atoms with Gasteiger partial charge in [-0.05, 0) is 71.1 Å². The summed E-state index contributed by atoms with van der Waals surface area (Å²) in [6.07, 6.45) is 2.13. The maximum atomic E-state index is 6.25. The van der Waals surface area contributed by atoms with Crippen molar-refractivity contribution in [2.24, 2.45) is 0 Å². The Morgan fingerprint density at radius 2 is 1.77 bits per heavy atom. The Morgan fingerprint density at radius 3 is 2.48 bits per heavy atom. The highest BCUT2D eigenvalue weighted by molar-refractivity contribution is 9.10. The van der Waals surface area contributed by atoms with E-state index in [9.17, 15) is 0 Å². The summed E-state index contributed by atoms with van der Waals surface area (Å²) >= 11 is 15.8. The van der Waals surface area contributed by atoms with Gasteiger partial charge in [-0.3, -0.25) is 0 Å². The first-order valence-electron chi connectivity index (χ1n) is 10.2. The van der Waals surface area contributed by atoms with Crippen LogP contribution in [0.3, 0.4) is 0 Å². The molecule has 0 bridgehead atoms. The third-order valence-corrected chi connectivity index (χ3v) is 6.22. The Balaban J connectivity index is 1.59. The van der Waals surface area contributed by atoms with Crippen LogP contribution in [0.15, 0.2) is 65.1 Å². The van der Waals surface area contributed by atoms with Crippen molar-refractivity contribution in [2.75, 3.05) is 7.11 Å². The number of benzene rings is 3. The Bertz CT molecular complexity index is 998. The van der Waals surface area contributed by atoms with E-state index in [1.54, 1.807) is 19.2 Å². The van der Waals surface area contributed by atoms with Gasteiger partial charge < -0.3 is 14.8 Å². The smallest absolute Gasteiger partial charge is 0.175 e. The average Bonchev–Trinajstić information content (AvgIpc) is 2.77. The molecule has 3 aromatic rings. The van der Waals surface area contributed by atoms with Crippen LogP contribution in [0.1, 0.15) is 30.0 Å². The first kappa shape index (κ1) is 23.9. The summed E-state index contributed by atoms with van der Waals surface area (Å²) in [5.74, 6) is 1.32. The van der Waals surface area contributed by atoms with E-state index >= 15 is 0 Å². The van der Waals surface area contributed by atoms with Gasteiger partial charge in [-0.2, -0.15) is 0 Å². The summed E-state index contributed by atoms with van der Waals surface area (Å²) in [4.78, 5) is 0. The number of halogens is 3. The zero-order valence-electron chi connectivity index (χ0n) is 17.6. The van der Waals surface area contributed by atoms with Gasteiger partial charge in [0.25, 0.3) is 0 Å². The van der Waals surface area contributed by atoms with Crippen molar-refractivity contribution >= 4 is 39.1 Å². The largest absolute Gasteiger partial charge is 0.493 e. The molecular formula is C25H26BrCl2NO2. The van der Waals surface area contributed by atoms with E-state index in [1.807, 2.05) is 18.2 Å². The monoisotopic (exact) mass is 521 g/mol. The minimum atomic E-state index is 0.319. The number of hydrogen-bond acceptors (Lipinski definition) is 3. The van der Waals surface area contributed by atoms with Gasteiger partial charge in [0, 0.05) is 28.2 Å². The lowest BCUT2D eigenvalue weighted by Gasteiger charge is -2.17. The molecule has 1 unspecified atom stereocenters. The van der Waals surface area contributed by atoms with Crippen molar-refractivity contribution in [3.63, 3.8) is 0 Å². The highest BCUT2D eigenvalue weighted by Crippen LogP contribution is 2.37. The molecule has 0 aliphatic rings. The van der Waals surface area contributed by atoms with Gasteiger partial charge in [-0.1, -0.05) is 59.6 Å². The van der Waals surface area contributed by atoms with E-state index in [0.29, 0.717) is 34.2 Å². The Hall–Kier alpha value is -1.72. The van der Waals surface area contributed by atoms with E-state index in [1.165, 1.54) is 5.56 Å². The van der Waals surface area contributed by atoms with Crippen molar-refractivity contribution < 1.29 is 9.47 Å². The number of hydrogen-bond donors (Lipinski definition) is 1. The molecule has 1 N–H and O–H groups in total. The predicted molar refractivity (Wildman–Crippen MR) is 133 cm³/mol. The first-order chi connectivity index (χ1) is 15.0. The van der Waals surface area contributed by atoms with Crippen LogP contribution in [-0.4, -0.2) is 13.2 Å². The Kier molecular flexibility index (Phi) is 9.09. The number of ether oxygens (including phenoxy) is 2. The molecule has 3 rings (SSSR count). The molecule has 0 fully saturated rings. The summed E-state index contributed by atoms with van der Waals surface area (Å²) in [5, 5.41) is 4.77. The van der Waals surface area contributed by atoms with E-state index in [2.05, 4.69) is 58.5 Å². The fraction of sp³-hybridized carbons (Fsp3) is 0.280. The maximum absolute atomic E-state index is 6.25. The SMILES string of the molecule is COc1cc(CNC(C)CCc2ccccc2)cc(Br)c1OCc1ccc(Cl)cc1Cl. The molecule has 1 atom stereocenters. The fourth-order valence-corrected chi connectivity index (χ4v) is 4.29. The van der Waals surface area contributed by atoms with Crippen LogP contribution in [0.5, 0.6) is 11.5 Å². The predicted octanol–water partition coefficient (Wildman–Crippen LogP) is 7.45. The second-order valence-corrected chi connectivity index (χ2v) is 9.14. The second-order valence-electron chi connectivity index (χ2n) is 7.44. The lowest BCUT2D eigenvalue weighted by molar-refractivity contribution is 0.282. The van der Waals surface area contributed by atoms with Crippen LogP contribution < -0.4 is 14.8 Å². The molecule has 164 valence electrons. The van der Waals surface area contributed by atoms with E-state index in [0.717, 1.165) is 35.0 Å². The maximum Gasteiger partial charge on any atom is 0.175 e. The third kappa shape index (κ3) is 7.15. The van der Waals surface area contributed by atoms with Crippen molar-refractivity contribution in [2.45, 2.75) is 39.0 Å². The molecular weight excluding hydrogens is 497 g/mol. The molecule has 0 aliphatic carbocycles. The zero-order valence-corrected chi connectivity index (χ0v) is 20.7.